The molecular formula is C20H21N3O3. The summed E-state index contributed by atoms with van der Waals surface area (Å²) in [6.07, 6.45) is 4.02. The first-order valence-corrected chi connectivity index (χ1v) is 8.47. The van der Waals surface area contributed by atoms with Crippen LogP contribution >= 0.6 is 0 Å². The Balaban J connectivity index is 1.80. The van der Waals surface area contributed by atoms with Gasteiger partial charge < -0.3 is 9.84 Å². The third-order valence-electron chi connectivity index (χ3n) is 4.26. The SMILES string of the molecule is Cc1ccc(C)c([C@H](NC(=O)CCc2cc(=O)[nH]o2)c2ccncc2)c1. The molecule has 1 atom stereocenters. The van der Waals surface area contributed by atoms with E-state index in [0.717, 1.165) is 22.3 Å². The molecule has 0 aliphatic carbocycles. The maximum Gasteiger partial charge on any atom is 0.280 e. The van der Waals surface area contributed by atoms with Gasteiger partial charge in [-0.1, -0.05) is 23.8 Å². The summed E-state index contributed by atoms with van der Waals surface area (Å²) < 4.78 is 5.00. The fourth-order valence-corrected chi connectivity index (χ4v) is 2.88. The lowest BCUT2D eigenvalue weighted by molar-refractivity contribution is -0.121. The number of amides is 1. The maximum atomic E-state index is 12.5. The topological polar surface area (TPSA) is 88.0 Å². The highest BCUT2D eigenvalue weighted by Crippen LogP contribution is 2.25. The van der Waals surface area contributed by atoms with Gasteiger partial charge in [0, 0.05) is 31.3 Å². The van der Waals surface area contributed by atoms with E-state index in [1.54, 1.807) is 12.4 Å². The maximum absolute atomic E-state index is 12.5. The number of benzene rings is 1. The van der Waals surface area contributed by atoms with Gasteiger partial charge in [-0.15, -0.1) is 0 Å². The molecule has 0 saturated carbocycles. The smallest absolute Gasteiger partial charge is 0.280 e. The standard InChI is InChI=1S/C20H21N3O3/c1-13-3-4-14(2)17(11-13)20(15-7-9-21-10-8-15)22-18(24)6-5-16-12-19(25)23-26-16/h3-4,7-12,20H,5-6H2,1-2H3,(H,22,24)(H,23,25)/t20-/m1/s1. The van der Waals surface area contributed by atoms with E-state index in [2.05, 4.69) is 33.7 Å². The Morgan fingerprint density at radius 3 is 2.65 bits per heavy atom. The minimum absolute atomic E-state index is 0.114. The second kappa shape index (κ2) is 7.82. The summed E-state index contributed by atoms with van der Waals surface area (Å²) in [5, 5.41) is 5.33. The van der Waals surface area contributed by atoms with Crippen molar-refractivity contribution >= 4 is 5.91 Å². The number of hydrogen-bond donors (Lipinski definition) is 2. The van der Waals surface area contributed by atoms with Gasteiger partial charge in [-0.3, -0.25) is 14.6 Å². The number of carbonyl (C=O) groups excluding carboxylic acids is 1. The lowest BCUT2D eigenvalue weighted by atomic mass is 9.94. The Labute approximate surface area is 151 Å². The Bertz CT molecular complexity index is 944. The Kier molecular flexibility index (Phi) is 5.31. The molecule has 0 spiro atoms. The molecule has 26 heavy (non-hydrogen) atoms. The molecule has 2 heterocycles. The van der Waals surface area contributed by atoms with Gasteiger partial charge in [0.2, 0.25) is 5.91 Å². The van der Waals surface area contributed by atoms with Crippen LogP contribution in [0.3, 0.4) is 0 Å². The first-order valence-electron chi connectivity index (χ1n) is 8.47. The molecule has 0 fully saturated rings. The highest BCUT2D eigenvalue weighted by Gasteiger charge is 2.19. The number of aromatic nitrogens is 2. The summed E-state index contributed by atoms with van der Waals surface area (Å²) in [7, 11) is 0. The molecule has 0 radical (unpaired) electrons. The molecule has 6 heteroatoms. The second-order valence-electron chi connectivity index (χ2n) is 6.32. The number of nitrogens with one attached hydrogen (secondary N) is 2. The zero-order valence-electron chi connectivity index (χ0n) is 14.8. The number of nitrogens with zero attached hydrogens (tertiary/aromatic N) is 1. The van der Waals surface area contributed by atoms with Crippen molar-refractivity contribution in [1.29, 1.82) is 0 Å². The van der Waals surface area contributed by atoms with Gasteiger partial charge in [-0.25, -0.2) is 0 Å². The van der Waals surface area contributed by atoms with Crippen LogP contribution in [0.4, 0.5) is 0 Å². The van der Waals surface area contributed by atoms with Crippen LogP contribution in [0.5, 0.6) is 0 Å². The Morgan fingerprint density at radius 1 is 1.19 bits per heavy atom. The van der Waals surface area contributed by atoms with Crippen LogP contribution in [0.15, 0.2) is 58.1 Å². The summed E-state index contributed by atoms with van der Waals surface area (Å²) >= 11 is 0. The Morgan fingerprint density at radius 2 is 1.96 bits per heavy atom. The van der Waals surface area contributed by atoms with Crippen LogP contribution in [0, 0.1) is 13.8 Å². The van der Waals surface area contributed by atoms with E-state index in [4.69, 9.17) is 4.52 Å². The Hall–Kier alpha value is -3.15. The predicted molar refractivity (Wildman–Crippen MR) is 97.8 cm³/mol. The van der Waals surface area contributed by atoms with Crippen molar-refractivity contribution in [2.75, 3.05) is 0 Å². The molecule has 1 amide bonds. The monoisotopic (exact) mass is 351 g/mol. The summed E-state index contributed by atoms with van der Waals surface area (Å²) in [6.45, 7) is 4.06. The molecule has 0 bridgehead atoms. The average Bonchev–Trinajstić information content (AvgIpc) is 3.06. The largest absolute Gasteiger partial charge is 0.384 e. The number of H-pyrrole nitrogens is 1. The third-order valence-corrected chi connectivity index (χ3v) is 4.26. The second-order valence-corrected chi connectivity index (χ2v) is 6.32. The van der Waals surface area contributed by atoms with Crippen molar-refractivity contribution < 1.29 is 9.32 Å². The van der Waals surface area contributed by atoms with E-state index in [-0.39, 0.29) is 23.9 Å². The number of aromatic amines is 1. The van der Waals surface area contributed by atoms with Crippen molar-refractivity contribution in [1.82, 2.24) is 15.5 Å². The predicted octanol–water partition coefficient (Wildman–Crippen LogP) is 2.82. The van der Waals surface area contributed by atoms with Crippen LogP contribution in [0.25, 0.3) is 0 Å². The molecule has 6 nitrogen and oxygen atoms in total. The zero-order valence-corrected chi connectivity index (χ0v) is 14.8. The van der Waals surface area contributed by atoms with E-state index >= 15 is 0 Å². The first-order chi connectivity index (χ1) is 12.5. The fraction of sp³-hybridized carbons (Fsp3) is 0.250. The van der Waals surface area contributed by atoms with Gasteiger partial charge in [0.25, 0.3) is 5.56 Å². The number of hydrogen-bond acceptors (Lipinski definition) is 4. The van der Waals surface area contributed by atoms with E-state index in [9.17, 15) is 9.59 Å². The molecule has 134 valence electrons. The van der Waals surface area contributed by atoms with Crippen LogP contribution in [-0.2, 0) is 11.2 Å². The van der Waals surface area contributed by atoms with Crippen molar-refractivity contribution in [2.24, 2.45) is 0 Å². The molecule has 2 N–H and O–H groups in total. The summed E-state index contributed by atoms with van der Waals surface area (Å²) in [4.78, 5) is 27.7. The number of aryl methyl sites for hydroxylation is 3. The molecule has 0 aliphatic rings. The van der Waals surface area contributed by atoms with Crippen molar-refractivity contribution in [3.05, 3.63) is 87.2 Å². The van der Waals surface area contributed by atoms with Gasteiger partial charge in [0.15, 0.2) is 0 Å². The lowest BCUT2D eigenvalue weighted by Gasteiger charge is -2.22. The third kappa shape index (κ3) is 4.27. The highest BCUT2D eigenvalue weighted by atomic mass is 16.5. The van der Waals surface area contributed by atoms with Crippen LogP contribution in [0.1, 0.15) is 40.5 Å². The summed E-state index contributed by atoms with van der Waals surface area (Å²) in [5.74, 6) is 0.355. The number of rotatable bonds is 6. The minimum Gasteiger partial charge on any atom is -0.384 e. The zero-order chi connectivity index (χ0) is 18.5. The van der Waals surface area contributed by atoms with Crippen LogP contribution in [0.2, 0.25) is 0 Å². The molecule has 1 aromatic carbocycles. The van der Waals surface area contributed by atoms with Crippen molar-refractivity contribution in [2.45, 2.75) is 32.7 Å². The number of pyridine rings is 1. The van der Waals surface area contributed by atoms with Crippen LogP contribution in [-0.4, -0.2) is 16.0 Å². The van der Waals surface area contributed by atoms with Gasteiger partial charge in [0.1, 0.15) is 5.76 Å². The number of carbonyl (C=O) groups is 1. The van der Waals surface area contributed by atoms with E-state index in [1.807, 2.05) is 26.0 Å². The molecule has 0 aliphatic heterocycles. The molecule has 2 aromatic heterocycles. The summed E-state index contributed by atoms with van der Waals surface area (Å²) in [5.41, 5.74) is 3.96. The molecule has 0 saturated heterocycles. The molecule has 0 unspecified atom stereocenters. The van der Waals surface area contributed by atoms with Crippen molar-refractivity contribution in [3.63, 3.8) is 0 Å². The van der Waals surface area contributed by atoms with Gasteiger partial charge in [-0.2, -0.15) is 5.16 Å². The van der Waals surface area contributed by atoms with Gasteiger partial charge in [-0.05, 0) is 42.7 Å². The lowest BCUT2D eigenvalue weighted by Crippen LogP contribution is -2.30. The fourth-order valence-electron chi connectivity index (χ4n) is 2.88. The van der Waals surface area contributed by atoms with E-state index in [0.29, 0.717) is 12.2 Å². The van der Waals surface area contributed by atoms with E-state index < -0.39 is 0 Å². The summed E-state index contributed by atoms with van der Waals surface area (Å²) in [6, 6.07) is 11.1. The molecule has 3 rings (SSSR count). The first kappa shape index (κ1) is 17.7. The molecular weight excluding hydrogens is 330 g/mol. The van der Waals surface area contributed by atoms with Crippen LogP contribution < -0.4 is 10.9 Å². The quantitative estimate of drug-likeness (QED) is 0.715. The minimum atomic E-state index is -0.301. The highest BCUT2D eigenvalue weighted by molar-refractivity contribution is 5.77. The normalized spacial score (nSPS) is 11.9. The van der Waals surface area contributed by atoms with E-state index in [1.165, 1.54) is 6.07 Å². The van der Waals surface area contributed by atoms with Crippen molar-refractivity contribution in [3.8, 4) is 0 Å². The van der Waals surface area contributed by atoms with Gasteiger partial charge >= 0.3 is 0 Å². The average molecular weight is 351 g/mol. The van der Waals surface area contributed by atoms with Gasteiger partial charge in [0.05, 0.1) is 6.04 Å². The molecule has 3 aromatic rings.